The summed E-state index contributed by atoms with van der Waals surface area (Å²) in [6, 6.07) is 4.67. The van der Waals surface area contributed by atoms with Crippen LogP contribution in [0.25, 0.3) is 0 Å². The Morgan fingerprint density at radius 1 is 1.35 bits per heavy atom. The standard InChI is InChI=1S/C15H21BrN2O2/c1-2-18-4-3-10(9-17)14(18)11-7-12(16)15-13(8-11)19-5-6-20-15/h7-8,10,14H,2-6,9,17H2,1H3. The fraction of sp³-hybridized carbons (Fsp3) is 0.600. The Morgan fingerprint density at radius 3 is 2.90 bits per heavy atom. The van der Waals surface area contributed by atoms with Gasteiger partial charge in [0.25, 0.3) is 0 Å². The average Bonchev–Trinajstić information content (AvgIpc) is 2.90. The molecule has 2 atom stereocenters. The van der Waals surface area contributed by atoms with Crippen LogP contribution in [0.2, 0.25) is 0 Å². The van der Waals surface area contributed by atoms with Crippen LogP contribution in [0, 0.1) is 5.92 Å². The van der Waals surface area contributed by atoms with Gasteiger partial charge in [-0.3, -0.25) is 4.90 Å². The normalized spacial score (nSPS) is 25.9. The smallest absolute Gasteiger partial charge is 0.175 e. The maximum atomic E-state index is 5.96. The first-order valence-electron chi connectivity index (χ1n) is 7.27. The molecule has 1 fully saturated rings. The van der Waals surface area contributed by atoms with Crippen molar-refractivity contribution in [1.82, 2.24) is 4.90 Å². The lowest BCUT2D eigenvalue weighted by molar-refractivity contribution is 0.169. The number of nitrogens with two attached hydrogens (primary N) is 1. The second-order valence-electron chi connectivity index (χ2n) is 5.38. The molecular formula is C15H21BrN2O2. The Bertz CT molecular complexity index is 483. The highest BCUT2D eigenvalue weighted by Gasteiger charge is 2.34. The Balaban J connectivity index is 1.98. The maximum Gasteiger partial charge on any atom is 0.175 e. The van der Waals surface area contributed by atoms with Crippen molar-refractivity contribution in [3.63, 3.8) is 0 Å². The lowest BCUT2D eigenvalue weighted by Crippen LogP contribution is -2.28. The number of fused-ring (bicyclic) bond motifs is 1. The Kier molecular flexibility index (Phi) is 4.19. The summed E-state index contributed by atoms with van der Waals surface area (Å²) >= 11 is 3.61. The van der Waals surface area contributed by atoms with E-state index in [4.69, 9.17) is 15.2 Å². The van der Waals surface area contributed by atoms with E-state index in [2.05, 4.69) is 39.9 Å². The quantitative estimate of drug-likeness (QED) is 0.918. The van der Waals surface area contributed by atoms with E-state index in [0.717, 1.165) is 35.6 Å². The minimum atomic E-state index is 0.386. The molecule has 4 nitrogen and oxygen atoms in total. The number of rotatable bonds is 3. The van der Waals surface area contributed by atoms with E-state index in [1.165, 1.54) is 12.0 Å². The molecule has 0 bridgehead atoms. The van der Waals surface area contributed by atoms with Gasteiger partial charge in [-0.1, -0.05) is 6.92 Å². The monoisotopic (exact) mass is 340 g/mol. The first-order chi connectivity index (χ1) is 9.74. The summed E-state index contributed by atoms with van der Waals surface area (Å²) in [6.45, 7) is 6.33. The van der Waals surface area contributed by atoms with Crippen molar-refractivity contribution in [3.05, 3.63) is 22.2 Å². The molecule has 2 aliphatic heterocycles. The lowest BCUT2D eigenvalue weighted by atomic mass is 9.93. The molecule has 0 amide bonds. The van der Waals surface area contributed by atoms with Crippen LogP contribution in [0.5, 0.6) is 11.5 Å². The number of likely N-dealkylation sites (tertiary alicyclic amines) is 1. The van der Waals surface area contributed by atoms with Crippen molar-refractivity contribution >= 4 is 15.9 Å². The predicted molar refractivity (Wildman–Crippen MR) is 82.3 cm³/mol. The molecule has 2 heterocycles. The van der Waals surface area contributed by atoms with Gasteiger partial charge in [0.15, 0.2) is 11.5 Å². The van der Waals surface area contributed by atoms with E-state index in [0.29, 0.717) is 25.2 Å². The van der Waals surface area contributed by atoms with Crippen molar-refractivity contribution < 1.29 is 9.47 Å². The molecule has 1 saturated heterocycles. The number of benzene rings is 1. The third-order valence-electron chi connectivity index (χ3n) is 4.30. The topological polar surface area (TPSA) is 47.7 Å². The van der Waals surface area contributed by atoms with Gasteiger partial charge in [0.1, 0.15) is 13.2 Å². The van der Waals surface area contributed by atoms with Gasteiger partial charge in [0.2, 0.25) is 0 Å². The fourth-order valence-electron chi connectivity index (χ4n) is 3.31. The molecule has 2 unspecified atom stereocenters. The van der Waals surface area contributed by atoms with Crippen molar-refractivity contribution in [2.75, 3.05) is 32.8 Å². The molecule has 2 N–H and O–H groups in total. The number of hydrogen-bond donors (Lipinski definition) is 1. The Labute approximate surface area is 128 Å². The molecule has 0 radical (unpaired) electrons. The summed E-state index contributed by atoms with van der Waals surface area (Å²) in [5.41, 5.74) is 7.23. The van der Waals surface area contributed by atoms with E-state index in [1.807, 2.05) is 0 Å². The average molecular weight is 341 g/mol. The Morgan fingerprint density at radius 2 is 2.15 bits per heavy atom. The number of halogens is 1. The third kappa shape index (κ3) is 2.43. The zero-order valence-corrected chi connectivity index (χ0v) is 13.4. The largest absolute Gasteiger partial charge is 0.486 e. The summed E-state index contributed by atoms with van der Waals surface area (Å²) in [5, 5.41) is 0. The first kappa shape index (κ1) is 14.2. The second-order valence-corrected chi connectivity index (χ2v) is 6.24. The van der Waals surface area contributed by atoms with E-state index >= 15 is 0 Å². The van der Waals surface area contributed by atoms with Crippen LogP contribution in [0.4, 0.5) is 0 Å². The lowest BCUT2D eigenvalue weighted by Gasteiger charge is -2.29. The highest BCUT2D eigenvalue weighted by molar-refractivity contribution is 9.10. The van der Waals surface area contributed by atoms with Gasteiger partial charge in [-0.15, -0.1) is 0 Å². The Hall–Kier alpha value is -0.780. The fourth-order valence-corrected chi connectivity index (χ4v) is 3.89. The van der Waals surface area contributed by atoms with Crippen LogP contribution in [-0.2, 0) is 0 Å². The molecule has 20 heavy (non-hydrogen) atoms. The van der Waals surface area contributed by atoms with Crippen LogP contribution in [0.3, 0.4) is 0 Å². The molecule has 5 heteroatoms. The van der Waals surface area contributed by atoms with Gasteiger partial charge >= 0.3 is 0 Å². The van der Waals surface area contributed by atoms with Crippen LogP contribution in [0.1, 0.15) is 24.9 Å². The summed E-state index contributed by atoms with van der Waals surface area (Å²) in [6.07, 6.45) is 1.17. The van der Waals surface area contributed by atoms with Crippen molar-refractivity contribution in [1.29, 1.82) is 0 Å². The number of nitrogens with zero attached hydrogens (tertiary/aromatic N) is 1. The van der Waals surface area contributed by atoms with E-state index < -0.39 is 0 Å². The van der Waals surface area contributed by atoms with Gasteiger partial charge in [-0.25, -0.2) is 0 Å². The molecule has 110 valence electrons. The minimum absolute atomic E-state index is 0.386. The summed E-state index contributed by atoms with van der Waals surface area (Å²) in [7, 11) is 0. The van der Waals surface area contributed by atoms with Gasteiger partial charge in [0.05, 0.1) is 4.47 Å². The highest BCUT2D eigenvalue weighted by Crippen LogP contribution is 2.44. The zero-order valence-electron chi connectivity index (χ0n) is 11.8. The molecule has 1 aromatic rings. The highest BCUT2D eigenvalue weighted by atomic mass is 79.9. The minimum Gasteiger partial charge on any atom is -0.486 e. The number of ether oxygens (including phenoxy) is 2. The van der Waals surface area contributed by atoms with Gasteiger partial charge in [0, 0.05) is 6.04 Å². The summed E-state index contributed by atoms with van der Waals surface area (Å²) < 4.78 is 12.4. The van der Waals surface area contributed by atoms with E-state index in [-0.39, 0.29) is 0 Å². The van der Waals surface area contributed by atoms with Crippen molar-refractivity contribution in [2.24, 2.45) is 11.7 Å². The van der Waals surface area contributed by atoms with E-state index in [9.17, 15) is 0 Å². The molecular weight excluding hydrogens is 320 g/mol. The molecule has 0 spiro atoms. The van der Waals surface area contributed by atoms with Crippen LogP contribution in [-0.4, -0.2) is 37.7 Å². The van der Waals surface area contributed by atoms with Crippen LogP contribution in [0.15, 0.2) is 16.6 Å². The summed E-state index contributed by atoms with van der Waals surface area (Å²) in [4.78, 5) is 2.50. The zero-order chi connectivity index (χ0) is 14.1. The number of hydrogen-bond acceptors (Lipinski definition) is 4. The van der Waals surface area contributed by atoms with E-state index in [1.54, 1.807) is 0 Å². The second kappa shape index (κ2) is 5.92. The van der Waals surface area contributed by atoms with Crippen LogP contribution < -0.4 is 15.2 Å². The maximum absolute atomic E-state index is 5.96. The molecule has 1 aromatic carbocycles. The van der Waals surface area contributed by atoms with Gasteiger partial charge in [-0.05, 0) is 65.6 Å². The summed E-state index contributed by atoms with van der Waals surface area (Å²) in [5.74, 6) is 2.19. The molecule has 3 rings (SSSR count). The predicted octanol–water partition coefficient (Wildman–Crippen LogP) is 2.56. The van der Waals surface area contributed by atoms with Crippen molar-refractivity contribution in [2.45, 2.75) is 19.4 Å². The SMILES string of the molecule is CCN1CCC(CN)C1c1cc(Br)c2c(c1)OCCO2. The van der Waals surface area contributed by atoms with Gasteiger partial charge < -0.3 is 15.2 Å². The molecule has 0 aromatic heterocycles. The van der Waals surface area contributed by atoms with Gasteiger partial charge in [-0.2, -0.15) is 0 Å². The first-order valence-corrected chi connectivity index (χ1v) is 8.07. The molecule has 0 aliphatic carbocycles. The van der Waals surface area contributed by atoms with Crippen LogP contribution >= 0.6 is 15.9 Å². The molecule has 2 aliphatic rings. The van der Waals surface area contributed by atoms with Crippen molar-refractivity contribution in [3.8, 4) is 11.5 Å². The third-order valence-corrected chi connectivity index (χ3v) is 4.89. The molecule has 0 saturated carbocycles.